The molecular weight excluding hydrogens is 254 g/mol. The van der Waals surface area contributed by atoms with Gasteiger partial charge in [-0.1, -0.05) is 24.3 Å². The summed E-state index contributed by atoms with van der Waals surface area (Å²) in [5, 5.41) is 21.9. The van der Waals surface area contributed by atoms with Crippen LogP contribution in [0.1, 0.15) is 12.0 Å². The largest absolute Gasteiger partial charge is 0.480 e. The van der Waals surface area contributed by atoms with Crippen molar-refractivity contribution in [2.75, 3.05) is 5.32 Å². The Morgan fingerprint density at radius 1 is 1.55 bits per heavy atom. The van der Waals surface area contributed by atoms with E-state index in [-0.39, 0.29) is 12.2 Å². The number of carboxylic acids is 1. The van der Waals surface area contributed by atoms with E-state index >= 15 is 0 Å². The Labute approximate surface area is 116 Å². The van der Waals surface area contributed by atoms with Gasteiger partial charge in [0.1, 0.15) is 17.9 Å². The van der Waals surface area contributed by atoms with Crippen LogP contribution in [0.4, 0.5) is 5.82 Å². The highest BCUT2D eigenvalue weighted by Gasteiger charge is 2.18. The fourth-order valence-electron chi connectivity index (χ4n) is 1.86. The van der Waals surface area contributed by atoms with Crippen LogP contribution in [0.15, 0.2) is 43.0 Å². The summed E-state index contributed by atoms with van der Waals surface area (Å²) >= 11 is 0. The SMILES string of the molecule is C=CCC(Nc1nc2ccccc2cc1C#N)C(=O)O. The first-order valence-corrected chi connectivity index (χ1v) is 6.06. The first-order chi connectivity index (χ1) is 9.65. The zero-order valence-corrected chi connectivity index (χ0v) is 10.7. The number of aliphatic carboxylic acids is 1. The second-order valence-corrected chi connectivity index (χ2v) is 4.25. The average Bonchev–Trinajstić information content (AvgIpc) is 2.45. The number of hydrogen-bond donors (Lipinski definition) is 2. The van der Waals surface area contributed by atoms with E-state index in [1.807, 2.05) is 30.3 Å². The Kier molecular flexibility index (Phi) is 3.96. The molecule has 100 valence electrons. The average molecular weight is 267 g/mol. The fourth-order valence-corrected chi connectivity index (χ4v) is 1.86. The molecule has 0 amide bonds. The summed E-state index contributed by atoms with van der Waals surface area (Å²) < 4.78 is 0. The van der Waals surface area contributed by atoms with Crippen LogP contribution < -0.4 is 5.32 Å². The topological polar surface area (TPSA) is 86.0 Å². The van der Waals surface area contributed by atoms with E-state index in [0.29, 0.717) is 11.1 Å². The van der Waals surface area contributed by atoms with Crippen LogP contribution in [0.2, 0.25) is 0 Å². The number of rotatable bonds is 5. The van der Waals surface area contributed by atoms with Gasteiger partial charge in [-0.05, 0) is 18.6 Å². The van der Waals surface area contributed by atoms with E-state index < -0.39 is 12.0 Å². The Balaban J connectivity index is 2.44. The first kappa shape index (κ1) is 13.6. The van der Waals surface area contributed by atoms with Crippen LogP contribution in [0.5, 0.6) is 0 Å². The van der Waals surface area contributed by atoms with Gasteiger partial charge in [-0.2, -0.15) is 5.26 Å². The highest BCUT2D eigenvalue weighted by Crippen LogP contribution is 2.20. The molecule has 5 heteroatoms. The third-order valence-corrected chi connectivity index (χ3v) is 2.86. The first-order valence-electron chi connectivity index (χ1n) is 6.06. The van der Waals surface area contributed by atoms with Gasteiger partial charge in [0.05, 0.1) is 11.1 Å². The molecule has 5 nitrogen and oxygen atoms in total. The number of para-hydroxylation sites is 1. The second kappa shape index (κ2) is 5.85. The molecule has 0 fully saturated rings. The number of nitriles is 1. The maximum Gasteiger partial charge on any atom is 0.326 e. The second-order valence-electron chi connectivity index (χ2n) is 4.25. The summed E-state index contributed by atoms with van der Waals surface area (Å²) in [5.74, 6) is -0.732. The summed E-state index contributed by atoms with van der Waals surface area (Å²) in [5.41, 5.74) is 1.02. The highest BCUT2D eigenvalue weighted by atomic mass is 16.4. The van der Waals surface area contributed by atoms with Gasteiger partial charge >= 0.3 is 5.97 Å². The number of pyridine rings is 1. The van der Waals surface area contributed by atoms with Crippen molar-refractivity contribution in [2.45, 2.75) is 12.5 Å². The van der Waals surface area contributed by atoms with Gasteiger partial charge in [0.25, 0.3) is 0 Å². The zero-order valence-electron chi connectivity index (χ0n) is 10.7. The number of carbonyl (C=O) groups is 1. The molecule has 1 aromatic heterocycles. The smallest absolute Gasteiger partial charge is 0.326 e. The van der Waals surface area contributed by atoms with Crippen LogP contribution in [0.3, 0.4) is 0 Å². The minimum Gasteiger partial charge on any atom is -0.480 e. The quantitative estimate of drug-likeness (QED) is 0.813. The Morgan fingerprint density at radius 3 is 2.95 bits per heavy atom. The van der Waals surface area contributed by atoms with Crippen LogP contribution in [0.25, 0.3) is 10.9 Å². The number of anilines is 1. The minimum atomic E-state index is -1.01. The third-order valence-electron chi connectivity index (χ3n) is 2.86. The van der Waals surface area contributed by atoms with E-state index in [1.165, 1.54) is 6.08 Å². The molecular formula is C15H13N3O2. The number of hydrogen-bond acceptors (Lipinski definition) is 4. The van der Waals surface area contributed by atoms with Gasteiger partial charge in [-0.15, -0.1) is 6.58 Å². The Bertz CT molecular complexity index is 704. The molecule has 1 atom stereocenters. The summed E-state index contributed by atoms with van der Waals surface area (Å²) in [6.45, 7) is 3.53. The van der Waals surface area contributed by atoms with Gasteiger partial charge in [0.2, 0.25) is 0 Å². The molecule has 1 heterocycles. The van der Waals surface area contributed by atoms with Crippen LogP contribution >= 0.6 is 0 Å². The molecule has 0 aliphatic carbocycles. The molecule has 20 heavy (non-hydrogen) atoms. The molecule has 2 rings (SSSR count). The molecule has 0 radical (unpaired) electrons. The van der Waals surface area contributed by atoms with Gasteiger partial charge in [-0.3, -0.25) is 0 Å². The minimum absolute atomic E-state index is 0.245. The van der Waals surface area contributed by atoms with Crippen molar-refractivity contribution in [3.05, 3.63) is 48.6 Å². The number of fused-ring (bicyclic) bond motifs is 1. The van der Waals surface area contributed by atoms with Crippen molar-refractivity contribution in [1.82, 2.24) is 4.98 Å². The normalized spacial score (nSPS) is 11.6. The lowest BCUT2D eigenvalue weighted by atomic mass is 10.1. The number of benzene rings is 1. The zero-order chi connectivity index (χ0) is 14.5. The maximum absolute atomic E-state index is 11.1. The summed E-state index contributed by atoms with van der Waals surface area (Å²) in [6.07, 6.45) is 1.76. The molecule has 0 bridgehead atoms. The number of carboxylic acid groups (broad SMARTS) is 1. The summed E-state index contributed by atoms with van der Waals surface area (Å²) in [4.78, 5) is 15.5. The fraction of sp³-hybridized carbons (Fsp3) is 0.133. The van der Waals surface area contributed by atoms with Crippen molar-refractivity contribution in [3.8, 4) is 6.07 Å². The molecule has 0 saturated heterocycles. The van der Waals surface area contributed by atoms with Gasteiger partial charge in [-0.25, -0.2) is 9.78 Å². The lowest BCUT2D eigenvalue weighted by Crippen LogP contribution is -2.29. The van der Waals surface area contributed by atoms with E-state index in [2.05, 4.69) is 16.9 Å². The van der Waals surface area contributed by atoms with E-state index in [4.69, 9.17) is 10.4 Å². The summed E-state index contributed by atoms with van der Waals surface area (Å²) in [7, 11) is 0. The highest BCUT2D eigenvalue weighted by molar-refractivity contribution is 5.84. The Hall–Kier alpha value is -2.87. The molecule has 2 aromatic rings. The number of aromatic nitrogens is 1. The van der Waals surface area contributed by atoms with E-state index in [1.54, 1.807) is 6.07 Å². The summed E-state index contributed by atoms with van der Waals surface area (Å²) in [6, 6.07) is 10.2. The van der Waals surface area contributed by atoms with Crippen molar-refractivity contribution in [3.63, 3.8) is 0 Å². The molecule has 0 aliphatic heterocycles. The monoisotopic (exact) mass is 267 g/mol. The predicted octanol–water partition coefficient (Wildman–Crippen LogP) is 2.55. The lowest BCUT2D eigenvalue weighted by Gasteiger charge is -2.14. The van der Waals surface area contributed by atoms with Crippen molar-refractivity contribution in [2.24, 2.45) is 0 Å². The lowest BCUT2D eigenvalue weighted by molar-refractivity contribution is -0.137. The van der Waals surface area contributed by atoms with Gasteiger partial charge in [0.15, 0.2) is 0 Å². The van der Waals surface area contributed by atoms with Gasteiger partial charge in [0, 0.05) is 5.39 Å². The van der Waals surface area contributed by atoms with Crippen molar-refractivity contribution >= 4 is 22.7 Å². The van der Waals surface area contributed by atoms with E-state index in [9.17, 15) is 4.79 Å². The molecule has 1 unspecified atom stereocenters. The maximum atomic E-state index is 11.1. The van der Waals surface area contributed by atoms with Crippen molar-refractivity contribution < 1.29 is 9.90 Å². The molecule has 0 saturated carbocycles. The van der Waals surface area contributed by atoms with Crippen molar-refractivity contribution in [1.29, 1.82) is 5.26 Å². The van der Waals surface area contributed by atoms with Gasteiger partial charge < -0.3 is 10.4 Å². The molecule has 0 aliphatic rings. The number of nitrogens with one attached hydrogen (secondary N) is 1. The molecule has 2 N–H and O–H groups in total. The third kappa shape index (κ3) is 2.75. The molecule has 0 spiro atoms. The number of nitrogens with zero attached hydrogens (tertiary/aromatic N) is 2. The van der Waals surface area contributed by atoms with Crippen LogP contribution in [0, 0.1) is 11.3 Å². The van der Waals surface area contributed by atoms with Crippen LogP contribution in [-0.2, 0) is 4.79 Å². The predicted molar refractivity (Wildman–Crippen MR) is 76.3 cm³/mol. The van der Waals surface area contributed by atoms with Crippen LogP contribution in [-0.4, -0.2) is 22.1 Å². The Morgan fingerprint density at radius 2 is 2.30 bits per heavy atom. The standard InChI is InChI=1S/C15H13N3O2/c1-2-5-13(15(19)20)18-14-11(9-16)8-10-6-3-4-7-12(10)17-14/h2-4,6-8,13H,1,5H2,(H,17,18)(H,19,20). The van der Waals surface area contributed by atoms with E-state index in [0.717, 1.165) is 5.39 Å². The molecule has 1 aromatic carbocycles.